The molecule has 220 valence electrons. The van der Waals surface area contributed by atoms with Gasteiger partial charge in [0.05, 0.1) is 61.7 Å². The average molecular weight is 609 g/mol. The van der Waals surface area contributed by atoms with E-state index in [1.54, 1.807) is 36.4 Å². The van der Waals surface area contributed by atoms with Gasteiger partial charge in [-0.3, -0.25) is 0 Å². The molecule has 0 spiro atoms. The quantitative estimate of drug-likeness (QED) is 0.201. The number of nitrogens with zero attached hydrogens (tertiary/aromatic N) is 1. The number of thiophene rings is 1. The molecule has 6 nitrogen and oxygen atoms in total. The first-order chi connectivity index (χ1) is 19.5. The molecule has 1 aliphatic carbocycles. The monoisotopic (exact) mass is 608 g/mol. The molecule has 41 heavy (non-hydrogen) atoms. The van der Waals surface area contributed by atoms with E-state index in [1.807, 2.05) is 11.9 Å². The molecule has 1 saturated carbocycles. The first-order valence-electron chi connectivity index (χ1n) is 13.3. The maximum absolute atomic E-state index is 14.7. The number of benzene rings is 2. The van der Waals surface area contributed by atoms with Crippen LogP contribution in [-0.4, -0.2) is 66.5 Å². The van der Waals surface area contributed by atoms with Crippen LogP contribution in [-0.2, 0) is 16.1 Å². The molecule has 2 aliphatic rings. The number of ether oxygens (including phenoxy) is 1. The third kappa shape index (κ3) is 6.74. The van der Waals surface area contributed by atoms with Crippen molar-refractivity contribution in [3.63, 3.8) is 0 Å². The fourth-order valence-electron chi connectivity index (χ4n) is 5.04. The molecule has 3 N–H and O–H groups in total. The molecule has 0 radical (unpaired) electrons. The van der Waals surface area contributed by atoms with Gasteiger partial charge in [0.1, 0.15) is 11.9 Å². The number of fused-ring (bicyclic) bond motifs is 1. The Morgan fingerprint density at radius 1 is 1.20 bits per heavy atom. The summed E-state index contributed by atoms with van der Waals surface area (Å²) in [6.45, 7) is 1.16. The summed E-state index contributed by atoms with van der Waals surface area (Å²) in [5.41, 5.74) is 1.30. The third-order valence-electron chi connectivity index (χ3n) is 7.37. The minimum absolute atomic E-state index is 0.112. The van der Waals surface area contributed by atoms with Crippen LogP contribution in [0.25, 0.3) is 10.1 Å². The summed E-state index contributed by atoms with van der Waals surface area (Å²) in [5.74, 6) is 6.26. The minimum atomic E-state index is -4.42. The maximum Gasteiger partial charge on any atom is 0.393 e. The average Bonchev–Trinajstić information content (AvgIpc) is 3.72. The molecule has 2 heterocycles. The van der Waals surface area contributed by atoms with Crippen LogP contribution in [0.5, 0.6) is 5.75 Å². The SMILES string of the molecule is COc1cc([S@](=N)(=O)C2CC2)ccc1NCC#Cc1sc2c(NC3CCN(C)CC3F)cccc2c1CC(F)(F)F. The number of nitrogens with one attached hydrogen (secondary N) is 3. The first kappa shape index (κ1) is 29.5. The van der Waals surface area contributed by atoms with Crippen molar-refractivity contribution < 1.29 is 26.5 Å². The summed E-state index contributed by atoms with van der Waals surface area (Å²) in [6, 6.07) is 9.61. The molecule has 1 aromatic heterocycles. The second-order valence-corrected chi connectivity index (χ2v) is 13.9. The van der Waals surface area contributed by atoms with Crippen LogP contribution in [0.2, 0.25) is 0 Å². The Balaban J connectivity index is 1.38. The molecule has 5 rings (SSSR count). The lowest BCUT2D eigenvalue weighted by molar-refractivity contribution is -0.126. The van der Waals surface area contributed by atoms with Gasteiger partial charge in [0, 0.05) is 18.3 Å². The van der Waals surface area contributed by atoms with Gasteiger partial charge in [0.15, 0.2) is 0 Å². The highest BCUT2D eigenvalue weighted by Crippen LogP contribution is 2.40. The van der Waals surface area contributed by atoms with Crippen molar-refractivity contribution in [1.82, 2.24) is 4.90 Å². The lowest BCUT2D eigenvalue weighted by Crippen LogP contribution is -2.46. The van der Waals surface area contributed by atoms with Crippen molar-refractivity contribution in [2.75, 3.05) is 44.4 Å². The normalized spacial score (nSPS) is 21.1. The lowest BCUT2D eigenvalue weighted by Gasteiger charge is -2.33. The van der Waals surface area contributed by atoms with E-state index in [0.717, 1.165) is 19.4 Å². The molecular weight excluding hydrogens is 576 g/mol. The number of hydrogen-bond acceptors (Lipinski definition) is 7. The van der Waals surface area contributed by atoms with Crippen LogP contribution in [0.3, 0.4) is 0 Å². The largest absolute Gasteiger partial charge is 0.495 e. The number of halogens is 4. The standard InChI is InChI=1S/C29H32F4N4O2S2/c1-37-14-12-23(22(30)17-37)36-25-6-3-5-20-21(16-29(31,32)33)27(40-28(20)25)7-4-13-35-24-11-10-19(15-26(24)39-2)41(34,38)18-8-9-18/h3,5-6,10-11,15,18,22-23,34-36H,8-9,12-14,16-17H2,1-2H3/t22?,23?,41-/m1/s1. The van der Waals surface area contributed by atoms with Crippen LogP contribution < -0.4 is 15.4 Å². The van der Waals surface area contributed by atoms with Crippen molar-refractivity contribution in [3.05, 3.63) is 46.8 Å². The zero-order chi connectivity index (χ0) is 29.4. The van der Waals surface area contributed by atoms with Crippen molar-refractivity contribution in [1.29, 1.82) is 4.78 Å². The van der Waals surface area contributed by atoms with Gasteiger partial charge >= 0.3 is 6.18 Å². The molecule has 1 saturated heterocycles. The highest BCUT2D eigenvalue weighted by molar-refractivity contribution is 7.93. The molecule has 2 aromatic carbocycles. The summed E-state index contributed by atoms with van der Waals surface area (Å²) in [6.07, 6.45) is -4.47. The number of hydrogen-bond donors (Lipinski definition) is 3. The zero-order valence-corrected chi connectivity index (χ0v) is 24.4. The number of anilines is 2. The Hall–Kier alpha value is -3.01. The van der Waals surface area contributed by atoms with Gasteiger partial charge in [-0.25, -0.2) is 13.4 Å². The van der Waals surface area contributed by atoms with E-state index in [1.165, 1.54) is 18.4 Å². The molecule has 1 aliphatic heterocycles. The van der Waals surface area contributed by atoms with Crippen LogP contribution >= 0.6 is 11.3 Å². The van der Waals surface area contributed by atoms with Gasteiger partial charge in [-0.2, -0.15) is 13.2 Å². The Morgan fingerprint density at radius 2 is 1.98 bits per heavy atom. The van der Waals surface area contributed by atoms with Crippen molar-refractivity contribution in [2.45, 2.75) is 54.2 Å². The van der Waals surface area contributed by atoms with E-state index >= 15 is 0 Å². The fraction of sp³-hybridized carbons (Fsp3) is 0.448. The molecule has 2 unspecified atom stereocenters. The molecular formula is C29H32F4N4O2S2. The summed E-state index contributed by atoms with van der Waals surface area (Å²) >= 11 is 1.17. The van der Waals surface area contributed by atoms with Gasteiger partial charge in [-0.05, 0) is 61.5 Å². The van der Waals surface area contributed by atoms with E-state index in [0.29, 0.717) is 49.9 Å². The topological polar surface area (TPSA) is 77.4 Å². The predicted molar refractivity (Wildman–Crippen MR) is 157 cm³/mol. The Morgan fingerprint density at radius 3 is 2.66 bits per heavy atom. The number of alkyl halides is 4. The second kappa shape index (κ2) is 11.7. The van der Waals surface area contributed by atoms with Gasteiger partial charge in [0.2, 0.25) is 0 Å². The van der Waals surface area contributed by atoms with Crippen LogP contribution in [0.15, 0.2) is 41.3 Å². The minimum Gasteiger partial charge on any atom is -0.495 e. The van der Waals surface area contributed by atoms with Crippen molar-refractivity contribution >= 4 is 42.5 Å². The zero-order valence-electron chi connectivity index (χ0n) is 22.7. The molecule has 0 amide bonds. The summed E-state index contributed by atoms with van der Waals surface area (Å²) in [7, 11) is 0.455. The second-order valence-electron chi connectivity index (χ2n) is 10.5. The van der Waals surface area contributed by atoms with Crippen LogP contribution in [0.1, 0.15) is 29.7 Å². The van der Waals surface area contributed by atoms with E-state index in [9.17, 15) is 21.8 Å². The first-order valence-corrected chi connectivity index (χ1v) is 15.8. The lowest BCUT2D eigenvalue weighted by atomic mass is 10.0. The van der Waals surface area contributed by atoms with Crippen molar-refractivity contribution in [2.24, 2.45) is 0 Å². The Labute approximate surface area is 241 Å². The maximum atomic E-state index is 14.7. The molecule has 12 heteroatoms. The molecule has 0 bridgehead atoms. The van der Waals surface area contributed by atoms with E-state index in [-0.39, 0.29) is 17.4 Å². The number of likely N-dealkylation sites (tertiary alicyclic amines) is 1. The third-order valence-corrected chi connectivity index (χ3v) is 10.9. The van der Waals surface area contributed by atoms with Crippen molar-refractivity contribution in [3.8, 4) is 17.6 Å². The Bertz CT molecular complexity index is 1590. The van der Waals surface area contributed by atoms with Crippen LogP contribution in [0, 0.1) is 16.6 Å². The smallest absolute Gasteiger partial charge is 0.393 e. The van der Waals surface area contributed by atoms with E-state index in [2.05, 4.69) is 22.5 Å². The van der Waals surface area contributed by atoms with Crippen LogP contribution in [0.4, 0.5) is 28.9 Å². The summed E-state index contributed by atoms with van der Waals surface area (Å²) < 4.78 is 82.5. The molecule has 3 aromatic rings. The van der Waals surface area contributed by atoms with Gasteiger partial charge in [-0.15, -0.1) is 11.3 Å². The van der Waals surface area contributed by atoms with E-state index < -0.39 is 34.5 Å². The fourth-order valence-corrected chi connectivity index (χ4v) is 7.95. The van der Waals surface area contributed by atoms with Gasteiger partial charge in [-0.1, -0.05) is 24.0 Å². The van der Waals surface area contributed by atoms with Gasteiger partial charge in [0.25, 0.3) is 0 Å². The van der Waals surface area contributed by atoms with Gasteiger partial charge < -0.3 is 20.3 Å². The summed E-state index contributed by atoms with van der Waals surface area (Å²) in [4.78, 5) is 2.65. The Kier molecular flexibility index (Phi) is 8.41. The molecule has 3 atom stereocenters. The number of rotatable bonds is 8. The highest BCUT2D eigenvalue weighted by atomic mass is 32.2. The van der Waals surface area contributed by atoms with E-state index in [4.69, 9.17) is 9.52 Å². The predicted octanol–water partition coefficient (Wildman–Crippen LogP) is 6.50. The number of methoxy groups -OCH3 is 1. The highest BCUT2D eigenvalue weighted by Gasteiger charge is 2.34. The number of piperidine rings is 1. The summed E-state index contributed by atoms with van der Waals surface area (Å²) in [5, 5.41) is 6.69. The molecule has 2 fully saturated rings.